The predicted molar refractivity (Wildman–Crippen MR) is 170 cm³/mol. The SMILES string of the molecule is N#Cc1cccc(-n2c3ccccc3c3cccc(-c4ccc5c6ccccc6n(-c6ccccc6C#N)c5c4)c32)c1. The zero-order valence-electron chi connectivity index (χ0n) is 22.5. The molecule has 0 spiro atoms. The van der Waals surface area contributed by atoms with Gasteiger partial charge >= 0.3 is 0 Å². The van der Waals surface area contributed by atoms with Crippen LogP contribution in [-0.4, -0.2) is 9.13 Å². The Morgan fingerprint density at radius 1 is 0.476 bits per heavy atom. The largest absolute Gasteiger partial charge is 0.309 e. The molecular formula is C38H22N4. The van der Waals surface area contributed by atoms with Gasteiger partial charge in [-0.1, -0.05) is 84.9 Å². The summed E-state index contributed by atoms with van der Waals surface area (Å²) < 4.78 is 4.48. The van der Waals surface area contributed by atoms with Crippen molar-refractivity contribution in [2.45, 2.75) is 0 Å². The Kier molecular flexibility index (Phi) is 5.22. The minimum Gasteiger partial charge on any atom is -0.309 e. The lowest BCUT2D eigenvalue weighted by Gasteiger charge is -2.13. The summed E-state index contributed by atoms with van der Waals surface area (Å²) in [5.41, 5.74) is 9.53. The number of para-hydroxylation sites is 4. The number of nitriles is 2. The van der Waals surface area contributed by atoms with E-state index in [0.29, 0.717) is 11.1 Å². The molecule has 0 radical (unpaired) electrons. The van der Waals surface area contributed by atoms with Crippen molar-refractivity contribution < 1.29 is 0 Å². The second kappa shape index (κ2) is 9.24. The second-order valence-electron chi connectivity index (χ2n) is 10.4. The summed E-state index contributed by atoms with van der Waals surface area (Å²) >= 11 is 0. The van der Waals surface area contributed by atoms with E-state index in [1.165, 1.54) is 0 Å². The van der Waals surface area contributed by atoms with E-state index in [0.717, 1.165) is 66.1 Å². The van der Waals surface area contributed by atoms with Crippen LogP contribution in [0.4, 0.5) is 0 Å². The molecule has 0 aliphatic carbocycles. The van der Waals surface area contributed by atoms with Gasteiger partial charge in [0.2, 0.25) is 0 Å². The highest BCUT2D eigenvalue weighted by atomic mass is 15.0. The van der Waals surface area contributed by atoms with E-state index in [1.807, 2.05) is 48.5 Å². The summed E-state index contributed by atoms with van der Waals surface area (Å²) in [6, 6.07) is 50.1. The molecule has 0 N–H and O–H groups in total. The molecule has 0 saturated heterocycles. The average molecular weight is 535 g/mol. The highest BCUT2D eigenvalue weighted by Gasteiger charge is 2.19. The van der Waals surface area contributed by atoms with E-state index in [4.69, 9.17) is 0 Å². The van der Waals surface area contributed by atoms with Crippen LogP contribution in [0.5, 0.6) is 0 Å². The van der Waals surface area contributed by atoms with Gasteiger partial charge in [0.05, 0.1) is 45.0 Å². The van der Waals surface area contributed by atoms with Gasteiger partial charge in [0.25, 0.3) is 0 Å². The molecule has 0 unspecified atom stereocenters. The molecule has 8 rings (SSSR count). The molecule has 2 aromatic heterocycles. The molecule has 6 aromatic carbocycles. The molecule has 194 valence electrons. The first-order chi connectivity index (χ1) is 20.8. The first-order valence-corrected chi connectivity index (χ1v) is 13.8. The first kappa shape index (κ1) is 23.8. The lowest BCUT2D eigenvalue weighted by atomic mass is 10.00. The van der Waals surface area contributed by atoms with Crippen LogP contribution in [0.2, 0.25) is 0 Å². The minimum atomic E-state index is 0.623. The van der Waals surface area contributed by atoms with Crippen molar-refractivity contribution in [2.75, 3.05) is 0 Å². The Bertz CT molecular complexity index is 2440. The topological polar surface area (TPSA) is 57.4 Å². The van der Waals surface area contributed by atoms with Gasteiger partial charge in [-0.2, -0.15) is 10.5 Å². The van der Waals surface area contributed by atoms with Crippen LogP contribution in [-0.2, 0) is 0 Å². The molecule has 0 aliphatic heterocycles. The number of nitrogens with zero attached hydrogens (tertiary/aromatic N) is 4. The Balaban J connectivity index is 1.48. The molecule has 2 heterocycles. The van der Waals surface area contributed by atoms with Crippen LogP contribution in [0.15, 0.2) is 133 Å². The molecule has 4 heteroatoms. The van der Waals surface area contributed by atoms with Crippen LogP contribution in [0.3, 0.4) is 0 Å². The summed E-state index contributed by atoms with van der Waals surface area (Å²) in [6.45, 7) is 0. The molecule has 0 atom stereocenters. The maximum atomic E-state index is 9.97. The number of aromatic nitrogens is 2. The van der Waals surface area contributed by atoms with E-state index in [9.17, 15) is 10.5 Å². The fraction of sp³-hybridized carbons (Fsp3) is 0. The van der Waals surface area contributed by atoms with Crippen LogP contribution < -0.4 is 0 Å². The standard InChI is InChI=1S/C38H22N4/c39-23-25-9-7-11-28(21-25)41-35-17-5-3-13-31(35)33-15-8-14-29(38(33)41)26-19-20-32-30-12-2-6-18-36(30)42(37(32)22-26)34-16-4-1-10-27(34)24-40/h1-22H. The van der Waals surface area contributed by atoms with Crippen molar-refractivity contribution in [3.63, 3.8) is 0 Å². The number of fused-ring (bicyclic) bond motifs is 6. The third kappa shape index (κ3) is 3.40. The lowest BCUT2D eigenvalue weighted by Crippen LogP contribution is -1.98. The summed E-state index contributed by atoms with van der Waals surface area (Å²) in [5, 5.41) is 24.2. The normalized spacial score (nSPS) is 11.3. The highest BCUT2D eigenvalue weighted by Crippen LogP contribution is 2.40. The van der Waals surface area contributed by atoms with Gasteiger partial charge in [-0.05, 0) is 54.1 Å². The van der Waals surface area contributed by atoms with Crippen molar-refractivity contribution >= 4 is 43.6 Å². The Labute approximate surface area is 242 Å². The van der Waals surface area contributed by atoms with Crippen LogP contribution >= 0.6 is 0 Å². The van der Waals surface area contributed by atoms with Crippen molar-refractivity contribution in [1.82, 2.24) is 9.13 Å². The third-order valence-corrected chi connectivity index (χ3v) is 8.18. The molecular weight excluding hydrogens is 512 g/mol. The summed E-state index contributed by atoms with van der Waals surface area (Å²) in [5.74, 6) is 0. The quantitative estimate of drug-likeness (QED) is 0.227. The maximum absolute atomic E-state index is 9.97. The van der Waals surface area contributed by atoms with Gasteiger partial charge in [0, 0.05) is 32.8 Å². The molecule has 0 bridgehead atoms. The van der Waals surface area contributed by atoms with Crippen molar-refractivity contribution in [3.8, 4) is 34.6 Å². The third-order valence-electron chi connectivity index (χ3n) is 8.18. The van der Waals surface area contributed by atoms with E-state index in [1.54, 1.807) is 0 Å². The van der Waals surface area contributed by atoms with Crippen molar-refractivity contribution in [1.29, 1.82) is 10.5 Å². The molecule has 0 fully saturated rings. The Hall–Kier alpha value is -6.10. The van der Waals surface area contributed by atoms with Gasteiger partial charge in [-0.3, -0.25) is 0 Å². The van der Waals surface area contributed by atoms with Gasteiger partial charge in [-0.25, -0.2) is 0 Å². The number of hydrogen-bond donors (Lipinski definition) is 0. The van der Waals surface area contributed by atoms with Crippen LogP contribution in [0.1, 0.15) is 11.1 Å². The Morgan fingerprint density at radius 2 is 1.14 bits per heavy atom. The first-order valence-electron chi connectivity index (χ1n) is 13.8. The smallest absolute Gasteiger partial charge is 0.101 e. The maximum Gasteiger partial charge on any atom is 0.101 e. The van der Waals surface area contributed by atoms with Gasteiger partial charge < -0.3 is 9.13 Å². The molecule has 4 nitrogen and oxygen atoms in total. The molecule has 8 aromatic rings. The fourth-order valence-corrected chi connectivity index (χ4v) is 6.40. The summed E-state index contributed by atoms with van der Waals surface area (Å²) in [6.07, 6.45) is 0. The average Bonchev–Trinajstić information content (AvgIpc) is 3.57. The van der Waals surface area contributed by atoms with Gasteiger partial charge in [-0.15, -0.1) is 0 Å². The van der Waals surface area contributed by atoms with E-state index in [2.05, 4.69) is 106 Å². The monoisotopic (exact) mass is 534 g/mol. The number of rotatable bonds is 3. The summed E-state index contributed by atoms with van der Waals surface area (Å²) in [7, 11) is 0. The van der Waals surface area contributed by atoms with E-state index < -0.39 is 0 Å². The molecule has 0 saturated carbocycles. The Morgan fingerprint density at radius 3 is 1.95 bits per heavy atom. The highest BCUT2D eigenvalue weighted by molar-refractivity contribution is 6.15. The van der Waals surface area contributed by atoms with Crippen LogP contribution in [0, 0.1) is 22.7 Å². The minimum absolute atomic E-state index is 0.623. The number of benzene rings is 6. The van der Waals surface area contributed by atoms with E-state index in [-0.39, 0.29) is 0 Å². The van der Waals surface area contributed by atoms with Crippen molar-refractivity contribution in [2.24, 2.45) is 0 Å². The second-order valence-corrected chi connectivity index (χ2v) is 10.4. The van der Waals surface area contributed by atoms with Crippen molar-refractivity contribution in [3.05, 3.63) is 145 Å². The summed E-state index contributed by atoms with van der Waals surface area (Å²) in [4.78, 5) is 0. The lowest BCUT2D eigenvalue weighted by molar-refractivity contribution is 1.17. The predicted octanol–water partition coefficient (Wildman–Crippen LogP) is 9.29. The zero-order valence-corrected chi connectivity index (χ0v) is 22.5. The molecule has 42 heavy (non-hydrogen) atoms. The fourth-order valence-electron chi connectivity index (χ4n) is 6.40. The van der Waals surface area contributed by atoms with Gasteiger partial charge in [0.1, 0.15) is 6.07 Å². The van der Waals surface area contributed by atoms with Gasteiger partial charge in [0.15, 0.2) is 0 Å². The number of hydrogen-bond acceptors (Lipinski definition) is 2. The molecule has 0 amide bonds. The van der Waals surface area contributed by atoms with E-state index >= 15 is 0 Å². The van der Waals surface area contributed by atoms with Crippen LogP contribution in [0.25, 0.3) is 66.1 Å². The zero-order chi connectivity index (χ0) is 28.2. The molecule has 0 aliphatic rings.